The third kappa shape index (κ3) is 4.13. The lowest BCUT2D eigenvalue weighted by Gasteiger charge is -2.36. The zero-order chi connectivity index (χ0) is 20.3. The molecule has 4 nitrogen and oxygen atoms in total. The summed E-state index contributed by atoms with van der Waals surface area (Å²) in [6, 6.07) is 19.5. The molecule has 1 fully saturated rings. The highest BCUT2D eigenvalue weighted by Gasteiger charge is 2.49. The van der Waals surface area contributed by atoms with Crippen molar-refractivity contribution in [2.75, 3.05) is 45.9 Å². The van der Waals surface area contributed by atoms with Gasteiger partial charge in [0.15, 0.2) is 0 Å². The summed E-state index contributed by atoms with van der Waals surface area (Å²) in [6.07, 6.45) is 2.08. The van der Waals surface area contributed by atoms with Crippen molar-refractivity contribution in [1.82, 2.24) is 9.80 Å². The minimum Gasteiger partial charge on any atom is -0.395 e. The molecular weight excluding hydrogens is 360 g/mol. The number of fused-ring (bicyclic) bond motifs is 1. The molecule has 0 aromatic heterocycles. The van der Waals surface area contributed by atoms with Crippen LogP contribution in [0.5, 0.6) is 0 Å². The fraction of sp³-hybridized carbons (Fsp3) is 0.520. The first-order valence-electron chi connectivity index (χ1n) is 11.0. The standard InChI is InChI=1S/C25H34N2O2/c1-24(2)22-11-6-7-12-23(22)25(29-24,21-9-4-3-5-10-21)13-8-14-26-15-17-27(18-16-26)19-20-28/h3-7,9-12,28H,8,13-20H2,1-2H3. The summed E-state index contributed by atoms with van der Waals surface area (Å²) in [7, 11) is 0. The monoisotopic (exact) mass is 394 g/mol. The van der Waals surface area contributed by atoms with Gasteiger partial charge in [-0.3, -0.25) is 4.90 Å². The molecule has 0 saturated carbocycles. The lowest BCUT2D eigenvalue weighted by Crippen LogP contribution is -2.47. The van der Waals surface area contributed by atoms with Crippen molar-refractivity contribution in [2.24, 2.45) is 0 Å². The number of nitrogens with zero attached hydrogens (tertiary/aromatic N) is 2. The van der Waals surface area contributed by atoms with Gasteiger partial charge in [0.05, 0.1) is 12.2 Å². The molecule has 2 aromatic carbocycles. The average Bonchev–Trinajstić information content (AvgIpc) is 2.98. The maximum atomic E-state index is 9.14. The molecule has 4 rings (SSSR count). The van der Waals surface area contributed by atoms with Crippen molar-refractivity contribution in [2.45, 2.75) is 37.9 Å². The Balaban J connectivity index is 1.51. The van der Waals surface area contributed by atoms with Crippen molar-refractivity contribution in [1.29, 1.82) is 0 Å². The van der Waals surface area contributed by atoms with Gasteiger partial charge in [-0.05, 0) is 49.9 Å². The zero-order valence-corrected chi connectivity index (χ0v) is 17.8. The Morgan fingerprint density at radius 3 is 2.07 bits per heavy atom. The highest BCUT2D eigenvalue weighted by molar-refractivity contribution is 5.47. The highest BCUT2D eigenvalue weighted by atomic mass is 16.5. The lowest BCUT2D eigenvalue weighted by molar-refractivity contribution is -0.108. The number of aliphatic hydroxyl groups is 1. The second-order valence-electron chi connectivity index (χ2n) is 8.86. The normalized spacial score (nSPS) is 24.5. The third-order valence-corrected chi connectivity index (χ3v) is 6.56. The Morgan fingerprint density at radius 2 is 1.41 bits per heavy atom. The van der Waals surface area contributed by atoms with E-state index in [2.05, 4.69) is 78.2 Å². The molecule has 1 N–H and O–H groups in total. The van der Waals surface area contributed by atoms with Crippen LogP contribution in [-0.4, -0.2) is 60.8 Å². The van der Waals surface area contributed by atoms with Crippen LogP contribution in [0.1, 0.15) is 43.4 Å². The number of piperazine rings is 1. The molecular formula is C25H34N2O2. The Bertz CT molecular complexity index is 799. The van der Waals surface area contributed by atoms with Gasteiger partial charge in [-0.2, -0.15) is 0 Å². The van der Waals surface area contributed by atoms with Crippen molar-refractivity contribution in [3.8, 4) is 0 Å². The minimum atomic E-state index is -0.375. The first-order valence-corrected chi connectivity index (χ1v) is 11.0. The van der Waals surface area contributed by atoms with E-state index >= 15 is 0 Å². The Morgan fingerprint density at radius 1 is 0.828 bits per heavy atom. The second kappa shape index (κ2) is 8.57. The second-order valence-corrected chi connectivity index (χ2v) is 8.86. The molecule has 1 atom stereocenters. The van der Waals surface area contributed by atoms with Crippen LogP contribution in [0.15, 0.2) is 54.6 Å². The SMILES string of the molecule is CC1(C)OC(CCCN2CCN(CCO)CC2)(c2ccccc2)c2ccccc21. The summed E-state index contributed by atoms with van der Waals surface area (Å²) in [5.41, 5.74) is 3.22. The highest BCUT2D eigenvalue weighted by Crippen LogP contribution is 2.52. The summed E-state index contributed by atoms with van der Waals surface area (Å²) < 4.78 is 6.88. The van der Waals surface area contributed by atoms with E-state index in [0.717, 1.165) is 52.1 Å². The van der Waals surface area contributed by atoms with Crippen LogP contribution in [0.25, 0.3) is 0 Å². The largest absolute Gasteiger partial charge is 0.395 e. The van der Waals surface area contributed by atoms with Crippen LogP contribution in [0.4, 0.5) is 0 Å². The van der Waals surface area contributed by atoms with E-state index in [1.165, 1.54) is 16.7 Å². The van der Waals surface area contributed by atoms with Crippen LogP contribution in [-0.2, 0) is 15.9 Å². The van der Waals surface area contributed by atoms with Crippen LogP contribution in [0, 0.1) is 0 Å². The van der Waals surface area contributed by atoms with Gasteiger partial charge in [-0.25, -0.2) is 0 Å². The number of β-amino-alcohol motifs (C(OH)–C–C–N with tert-alkyl or cyclic N) is 1. The van der Waals surface area contributed by atoms with Gasteiger partial charge < -0.3 is 14.7 Å². The molecule has 0 radical (unpaired) electrons. The summed E-state index contributed by atoms with van der Waals surface area (Å²) in [5, 5.41) is 9.14. The number of hydrogen-bond donors (Lipinski definition) is 1. The van der Waals surface area contributed by atoms with E-state index in [0.29, 0.717) is 0 Å². The summed E-state index contributed by atoms with van der Waals surface area (Å²) in [5.74, 6) is 0. The quantitative estimate of drug-likeness (QED) is 0.779. The smallest absolute Gasteiger partial charge is 0.120 e. The molecule has 2 heterocycles. The van der Waals surface area contributed by atoms with Crippen LogP contribution >= 0.6 is 0 Å². The summed E-state index contributed by atoms with van der Waals surface area (Å²) in [6.45, 7) is 10.8. The Labute approximate surface area is 175 Å². The van der Waals surface area contributed by atoms with Crippen molar-refractivity contribution in [3.63, 3.8) is 0 Å². The molecule has 4 heteroatoms. The maximum absolute atomic E-state index is 9.14. The van der Waals surface area contributed by atoms with E-state index in [1.807, 2.05) is 0 Å². The van der Waals surface area contributed by atoms with Gasteiger partial charge in [0.2, 0.25) is 0 Å². The number of ether oxygens (including phenoxy) is 1. The summed E-state index contributed by atoms with van der Waals surface area (Å²) >= 11 is 0. The molecule has 2 aromatic rings. The van der Waals surface area contributed by atoms with E-state index in [-0.39, 0.29) is 17.8 Å². The Kier molecular flexibility index (Phi) is 6.07. The zero-order valence-electron chi connectivity index (χ0n) is 17.8. The fourth-order valence-corrected chi connectivity index (χ4v) is 5.09. The van der Waals surface area contributed by atoms with Gasteiger partial charge in [0.25, 0.3) is 0 Å². The van der Waals surface area contributed by atoms with E-state index in [4.69, 9.17) is 9.84 Å². The number of aliphatic hydroxyl groups excluding tert-OH is 1. The molecule has 0 spiro atoms. The van der Waals surface area contributed by atoms with Gasteiger partial charge in [0, 0.05) is 32.7 Å². The van der Waals surface area contributed by atoms with Gasteiger partial charge >= 0.3 is 0 Å². The van der Waals surface area contributed by atoms with E-state index in [9.17, 15) is 0 Å². The minimum absolute atomic E-state index is 0.256. The van der Waals surface area contributed by atoms with Crippen LogP contribution < -0.4 is 0 Å². The van der Waals surface area contributed by atoms with Crippen molar-refractivity contribution >= 4 is 0 Å². The van der Waals surface area contributed by atoms with Crippen molar-refractivity contribution < 1.29 is 9.84 Å². The number of hydrogen-bond acceptors (Lipinski definition) is 4. The fourth-order valence-electron chi connectivity index (χ4n) is 5.09. The van der Waals surface area contributed by atoms with Gasteiger partial charge in [0.1, 0.15) is 5.60 Å². The molecule has 2 aliphatic heterocycles. The molecule has 1 saturated heterocycles. The number of rotatable bonds is 7. The summed E-state index contributed by atoms with van der Waals surface area (Å²) in [4.78, 5) is 4.90. The van der Waals surface area contributed by atoms with Crippen LogP contribution in [0.2, 0.25) is 0 Å². The Hall–Kier alpha value is -1.72. The lowest BCUT2D eigenvalue weighted by atomic mass is 9.81. The first kappa shape index (κ1) is 20.5. The van der Waals surface area contributed by atoms with E-state index < -0.39 is 0 Å². The van der Waals surface area contributed by atoms with E-state index in [1.54, 1.807) is 0 Å². The average molecular weight is 395 g/mol. The molecule has 2 aliphatic rings. The first-order chi connectivity index (χ1) is 14.0. The molecule has 0 amide bonds. The topological polar surface area (TPSA) is 35.9 Å². The molecule has 0 aliphatic carbocycles. The van der Waals surface area contributed by atoms with Gasteiger partial charge in [-0.15, -0.1) is 0 Å². The number of benzene rings is 2. The predicted octanol–water partition coefficient (Wildman–Crippen LogP) is 3.59. The molecule has 29 heavy (non-hydrogen) atoms. The van der Waals surface area contributed by atoms with Crippen molar-refractivity contribution in [3.05, 3.63) is 71.3 Å². The predicted molar refractivity (Wildman–Crippen MR) is 117 cm³/mol. The molecule has 156 valence electrons. The molecule has 1 unspecified atom stereocenters. The van der Waals surface area contributed by atoms with Gasteiger partial charge in [-0.1, -0.05) is 54.6 Å². The maximum Gasteiger partial charge on any atom is 0.120 e. The molecule has 0 bridgehead atoms. The third-order valence-electron chi connectivity index (χ3n) is 6.56. The van der Waals surface area contributed by atoms with Crippen LogP contribution in [0.3, 0.4) is 0 Å².